The summed E-state index contributed by atoms with van der Waals surface area (Å²) in [7, 11) is 1.28. The number of alkyl carbamates (subject to hydrolysis) is 1. The highest BCUT2D eigenvalue weighted by molar-refractivity contribution is 5.99. The maximum atomic E-state index is 12.9. The third-order valence-electron chi connectivity index (χ3n) is 5.50. The van der Waals surface area contributed by atoms with E-state index in [9.17, 15) is 19.5 Å². The van der Waals surface area contributed by atoms with E-state index in [-0.39, 0.29) is 17.2 Å². The SMILES string of the molecule is CCCc1ccc(CC(C)C(=O)c2c(O)cc(C(C)CC/C=C/NC(=O)OC)oc2=O)cc1. The lowest BCUT2D eigenvalue weighted by molar-refractivity contribution is 0.0921. The molecule has 33 heavy (non-hydrogen) atoms. The molecule has 0 aliphatic heterocycles. The van der Waals surface area contributed by atoms with Crippen molar-refractivity contribution in [1.82, 2.24) is 5.32 Å². The number of aryl methyl sites for hydroxylation is 1. The van der Waals surface area contributed by atoms with Gasteiger partial charge in [0.2, 0.25) is 0 Å². The van der Waals surface area contributed by atoms with Crippen molar-refractivity contribution >= 4 is 11.9 Å². The van der Waals surface area contributed by atoms with E-state index in [0.29, 0.717) is 25.0 Å². The number of carbonyl (C=O) groups excluding carboxylic acids is 2. The Labute approximate surface area is 194 Å². The molecule has 0 spiro atoms. The summed E-state index contributed by atoms with van der Waals surface area (Å²) in [5.74, 6) is -1.13. The van der Waals surface area contributed by atoms with Crippen molar-refractivity contribution in [1.29, 1.82) is 0 Å². The van der Waals surface area contributed by atoms with Crippen LogP contribution in [0.15, 0.2) is 51.8 Å². The molecule has 7 heteroatoms. The lowest BCUT2D eigenvalue weighted by Crippen LogP contribution is -2.22. The van der Waals surface area contributed by atoms with Gasteiger partial charge in [-0.05, 0) is 36.8 Å². The molecule has 178 valence electrons. The standard InChI is InChI=1S/C26H33NO6/c1-5-8-19-10-12-20(13-11-19)15-18(3)24(29)23-21(28)16-22(33-25(23)30)17(2)9-6-7-14-27-26(31)32-4/h7,10-14,16-18,28H,5-6,8-9,15H2,1-4H3,(H,27,31)/b14-7+. The number of methoxy groups -OCH3 is 1. The van der Waals surface area contributed by atoms with E-state index in [1.165, 1.54) is 24.9 Å². The van der Waals surface area contributed by atoms with E-state index >= 15 is 0 Å². The first-order chi connectivity index (χ1) is 15.8. The van der Waals surface area contributed by atoms with E-state index in [4.69, 9.17) is 4.42 Å². The Hall–Kier alpha value is -3.35. The van der Waals surface area contributed by atoms with Crippen molar-refractivity contribution in [2.75, 3.05) is 7.11 Å². The minimum absolute atomic E-state index is 0.172. The Morgan fingerprint density at radius 2 is 1.85 bits per heavy atom. The Bertz CT molecular complexity index is 1020. The molecular formula is C26H33NO6. The fraction of sp³-hybridized carbons (Fsp3) is 0.423. The maximum absolute atomic E-state index is 12.9. The van der Waals surface area contributed by atoms with Gasteiger partial charge < -0.3 is 14.3 Å². The van der Waals surface area contributed by atoms with E-state index in [1.807, 2.05) is 19.1 Å². The number of allylic oxidation sites excluding steroid dienone is 1. The predicted octanol–water partition coefficient (Wildman–Crippen LogP) is 5.11. The lowest BCUT2D eigenvalue weighted by atomic mass is 9.92. The van der Waals surface area contributed by atoms with Crippen LogP contribution < -0.4 is 10.9 Å². The number of hydrogen-bond acceptors (Lipinski definition) is 6. The summed E-state index contributed by atoms with van der Waals surface area (Å²) in [4.78, 5) is 36.4. The van der Waals surface area contributed by atoms with Gasteiger partial charge in [0, 0.05) is 24.1 Å². The van der Waals surface area contributed by atoms with Gasteiger partial charge in [-0.25, -0.2) is 9.59 Å². The first-order valence-electron chi connectivity index (χ1n) is 11.2. The number of hydrogen-bond donors (Lipinski definition) is 2. The number of benzene rings is 1. The van der Waals surface area contributed by atoms with Gasteiger partial charge in [-0.1, -0.05) is 57.5 Å². The number of Topliss-reactive ketones (excluding diaryl/α,β-unsaturated/α-hetero) is 1. The van der Waals surface area contributed by atoms with Gasteiger partial charge in [0.1, 0.15) is 17.1 Å². The normalized spacial score (nSPS) is 13.0. The number of aromatic hydroxyl groups is 1. The molecule has 1 aromatic carbocycles. The average molecular weight is 456 g/mol. The summed E-state index contributed by atoms with van der Waals surface area (Å²) in [6.07, 6.45) is 6.43. The van der Waals surface area contributed by atoms with Crippen molar-refractivity contribution in [2.24, 2.45) is 5.92 Å². The Kier molecular flexibility index (Phi) is 9.91. The Balaban J connectivity index is 2.03. The molecule has 2 unspecified atom stereocenters. The molecule has 2 N–H and O–H groups in total. The Morgan fingerprint density at radius 1 is 1.18 bits per heavy atom. The summed E-state index contributed by atoms with van der Waals surface area (Å²) >= 11 is 0. The van der Waals surface area contributed by atoms with Crippen molar-refractivity contribution in [3.8, 4) is 5.75 Å². The molecule has 0 saturated heterocycles. The smallest absolute Gasteiger partial charge is 0.410 e. The minimum atomic E-state index is -0.824. The highest BCUT2D eigenvalue weighted by Gasteiger charge is 2.25. The topological polar surface area (TPSA) is 106 Å². The molecule has 2 rings (SSSR count). The summed E-state index contributed by atoms with van der Waals surface area (Å²) in [6.45, 7) is 5.72. The second-order valence-corrected chi connectivity index (χ2v) is 8.25. The highest BCUT2D eigenvalue weighted by atomic mass is 16.5. The summed E-state index contributed by atoms with van der Waals surface area (Å²) < 4.78 is 9.84. The zero-order chi connectivity index (χ0) is 24.4. The van der Waals surface area contributed by atoms with Crippen LogP contribution in [0.5, 0.6) is 5.75 Å². The van der Waals surface area contributed by atoms with Gasteiger partial charge in [0.25, 0.3) is 0 Å². The molecule has 0 aliphatic carbocycles. The molecule has 2 aromatic rings. The molecule has 1 amide bonds. The number of carbonyl (C=O) groups is 2. The van der Waals surface area contributed by atoms with Crippen LogP contribution >= 0.6 is 0 Å². The van der Waals surface area contributed by atoms with Crippen LogP contribution in [-0.2, 0) is 17.6 Å². The molecule has 0 bridgehead atoms. The molecule has 1 heterocycles. The van der Waals surface area contributed by atoms with E-state index < -0.39 is 23.4 Å². The van der Waals surface area contributed by atoms with E-state index in [0.717, 1.165) is 18.4 Å². The van der Waals surface area contributed by atoms with Crippen molar-refractivity contribution in [3.05, 3.63) is 75.5 Å². The van der Waals surface area contributed by atoms with Crippen molar-refractivity contribution in [2.45, 2.75) is 58.8 Å². The van der Waals surface area contributed by atoms with Crippen LogP contribution in [-0.4, -0.2) is 24.1 Å². The Morgan fingerprint density at radius 3 is 2.45 bits per heavy atom. The van der Waals surface area contributed by atoms with Crippen LogP contribution in [0.3, 0.4) is 0 Å². The molecule has 1 aromatic heterocycles. The first kappa shape index (κ1) is 25.9. The van der Waals surface area contributed by atoms with Crippen LogP contribution in [0.25, 0.3) is 0 Å². The second kappa shape index (κ2) is 12.6. The van der Waals surface area contributed by atoms with Gasteiger partial charge in [-0.2, -0.15) is 0 Å². The van der Waals surface area contributed by atoms with Gasteiger partial charge in [0.15, 0.2) is 5.78 Å². The van der Waals surface area contributed by atoms with Crippen LogP contribution in [0.2, 0.25) is 0 Å². The fourth-order valence-corrected chi connectivity index (χ4v) is 3.55. The van der Waals surface area contributed by atoms with E-state index in [2.05, 4.69) is 29.1 Å². The zero-order valence-electron chi connectivity index (χ0n) is 19.7. The monoisotopic (exact) mass is 455 g/mol. The number of nitrogens with one attached hydrogen (secondary N) is 1. The van der Waals surface area contributed by atoms with Gasteiger partial charge in [0.05, 0.1) is 7.11 Å². The number of rotatable bonds is 11. The average Bonchev–Trinajstić information content (AvgIpc) is 2.79. The molecule has 0 fully saturated rings. The predicted molar refractivity (Wildman–Crippen MR) is 127 cm³/mol. The summed E-state index contributed by atoms with van der Waals surface area (Å²) in [5.41, 5.74) is 1.12. The molecule has 2 atom stereocenters. The lowest BCUT2D eigenvalue weighted by Gasteiger charge is -2.14. The third-order valence-corrected chi connectivity index (χ3v) is 5.50. The number of ether oxygens (including phenoxy) is 1. The van der Waals surface area contributed by atoms with Gasteiger partial charge in [-0.3, -0.25) is 10.1 Å². The quantitative estimate of drug-likeness (QED) is 0.456. The second-order valence-electron chi connectivity index (χ2n) is 8.25. The molecule has 0 saturated carbocycles. The van der Waals surface area contributed by atoms with Crippen molar-refractivity contribution < 1.29 is 23.8 Å². The highest BCUT2D eigenvalue weighted by Crippen LogP contribution is 2.26. The molecule has 0 radical (unpaired) electrons. The summed E-state index contributed by atoms with van der Waals surface area (Å²) in [5, 5.41) is 12.9. The summed E-state index contributed by atoms with van der Waals surface area (Å²) in [6, 6.07) is 9.45. The molecule has 0 aliphatic rings. The number of ketones is 1. The first-order valence-corrected chi connectivity index (χ1v) is 11.2. The van der Waals surface area contributed by atoms with E-state index in [1.54, 1.807) is 13.0 Å². The van der Waals surface area contributed by atoms with Crippen molar-refractivity contribution in [3.63, 3.8) is 0 Å². The fourth-order valence-electron chi connectivity index (χ4n) is 3.55. The maximum Gasteiger partial charge on any atom is 0.410 e. The van der Waals surface area contributed by atoms with Crippen LogP contribution in [0, 0.1) is 5.92 Å². The van der Waals surface area contributed by atoms with Gasteiger partial charge >= 0.3 is 11.7 Å². The number of amides is 1. The molecular weight excluding hydrogens is 422 g/mol. The van der Waals surface area contributed by atoms with Crippen LogP contribution in [0.1, 0.15) is 73.2 Å². The largest absolute Gasteiger partial charge is 0.507 e. The van der Waals surface area contributed by atoms with Crippen LogP contribution in [0.4, 0.5) is 4.79 Å². The minimum Gasteiger partial charge on any atom is -0.507 e. The van der Waals surface area contributed by atoms with Gasteiger partial charge in [-0.15, -0.1) is 0 Å². The zero-order valence-corrected chi connectivity index (χ0v) is 19.7. The molecule has 7 nitrogen and oxygen atoms in total. The third kappa shape index (κ3) is 7.63.